The van der Waals surface area contributed by atoms with Crippen LogP contribution in [0.15, 0.2) is 72.0 Å². The molecule has 1 amide bonds. The van der Waals surface area contributed by atoms with Crippen molar-refractivity contribution < 1.29 is 4.79 Å². The Bertz CT molecular complexity index is 965. The lowest BCUT2D eigenvalue weighted by Gasteiger charge is -2.13. The molecular formula is C22H26N6O. The van der Waals surface area contributed by atoms with E-state index in [2.05, 4.69) is 38.2 Å². The third-order valence-electron chi connectivity index (χ3n) is 4.49. The van der Waals surface area contributed by atoms with Crippen molar-refractivity contribution in [3.63, 3.8) is 0 Å². The predicted octanol–water partition coefficient (Wildman–Crippen LogP) is 2.14. The van der Waals surface area contributed by atoms with Crippen LogP contribution in [0.3, 0.4) is 0 Å². The highest BCUT2D eigenvalue weighted by Gasteiger charge is 2.05. The zero-order valence-electron chi connectivity index (χ0n) is 16.7. The molecule has 3 aromatic rings. The number of rotatable bonds is 7. The van der Waals surface area contributed by atoms with Crippen molar-refractivity contribution in [3.8, 4) is 5.69 Å². The standard InChI is InChI=1S/C22H26N6O/c1-23-21(29)19-8-3-6-17(14-19)10-12-25-22(24-2)26-16-18-7-4-9-20(15-18)28-13-5-11-27-28/h3-9,11,13-15H,10,12,16H2,1-2H3,(H,23,29)(H2,24,25,26). The van der Waals surface area contributed by atoms with Gasteiger partial charge >= 0.3 is 0 Å². The summed E-state index contributed by atoms with van der Waals surface area (Å²) in [4.78, 5) is 16.0. The maximum atomic E-state index is 11.8. The van der Waals surface area contributed by atoms with Crippen molar-refractivity contribution in [1.82, 2.24) is 25.7 Å². The molecular weight excluding hydrogens is 364 g/mol. The van der Waals surface area contributed by atoms with Gasteiger partial charge in [-0.3, -0.25) is 9.79 Å². The van der Waals surface area contributed by atoms with Gasteiger partial charge in [0.25, 0.3) is 5.91 Å². The monoisotopic (exact) mass is 390 g/mol. The molecule has 3 rings (SSSR count). The number of hydrogen-bond donors (Lipinski definition) is 3. The van der Waals surface area contributed by atoms with Crippen molar-refractivity contribution in [2.75, 3.05) is 20.6 Å². The topological polar surface area (TPSA) is 83.3 Å². The molecule has 0 aliphatic rings. The summed E-state index contributed by atoms with van der Waals surface area (Å²) < 4.78 is 1.84. The minimum atomic E-state index is -0.0744. The van der Waals surface area contributed by atoms with Gasteiger partial charge in [-0.15, -0.1) is 0 Å². The molecule has 0 aliphatic carbocycles. The summed E-state index contributed by atoms with van der Waals surface area (Å²) in [6, 6.07) is 17.8. The van der Waals surface area contributed by atoms with Crippen LogP contribution in [-0.4, -0.2) is 42.3 Å². The van der Waals surface area contributed by atoms with Crippen molar-refractivity contribution in [1.29, 1.82) is 0 Å². The summed E-state index contributed by atoms with van der Waals surface area (Å²) in [6.45, 7) is 1.37. The van der Waals surface area contributed by atoms with Gasteiger partial charge in [-0.1, -0.05) is 24.3 Å². The van der Waals surface area contributed by atoms with Gasteiger partial charge in [-0.2, -0.15) is 5.10 Å². The maximum Gasteiger partial charge on any atom is 0.251 e. The number of aliphatic imine (C=N–C) groups is 1. The van der Waals surface area contributed by atoms with Crippen LogP contribution < -0.4 is 16.0 Å². The maximum absolute atomic E-state index is 11.8. The molecule has 0 fully saturated rings. The smallest absolute Gasteiger partial charge is 0.251 e. The van der Waals surface area contributed by atoms with E-state index < -0.39 is 0 Å². The molecule has 7 nitrogen and oxygen atoms in total. The van der Waals surface area contributed by atoms with Crippen LogP contribution in [0.1, 0.15) is 21.5 Å². The second-order valence-corrected chi connectivity index (χ2v) is 6.50. The molecule has 1 aromatic heterocycles. The number of nitrogens with one attached hydrogen (secondary N) is 3. The van der Waals surface area contributed by atoms with Crippen LogP contribution in [0.5, 0.6) is 0 Å². The van der Waals surface area contributed by atoms with Crippen LogP contribution in [0.4, 0.5) is 0 Å². The molecule has 0 unspecified atom stereocenters. The van der Waals surface area contributed by atoms with E-state index in [9.17, 15) is 4.79 Å². The predicted molar refractivity (Wildman–Crippen MR) is 115 cm³/mol. The average molecular weight is 390 g/mol. The summed E-state index contributed by atoms with van der Waals surface area (Å²) in [5.41, 5.74) is 3.93. The molecule has 0 aliphatic heterocycles. The quantitative estimate of drug-likeness (QED) is 0.426. The van der Waals surface area contributed by atoms with Gasteiger partial charge in [-0.05, 0) is 47.9 Å². The van der Waals surface area contributed by atoms with E-state index in [-0.39, 0.29) is 5.91 Å². The third-order valence-corrected chi connectivity index (χ3v) is 4.49. The number of carbonyl (C=O) groups excluding carboxylic acids is 1. The molecule has 1 heterocycles. The third kappa shape index (κ3) is 5.68. The summed E-state index contributed by atoms with van der Waals surface area (Å²) in [6.07, 6.45) is 4.48. The molecule has 3 N–H and O–H groups in total. The van der Waals surface area contributed by atoms with E-state index in [1.165, 1.54) is 0 Å². The van der Waals surface area contributed by atoms with Gasteiger partial charge < -0.3 is 16.0 Å². The lowest BCUT2D eigenvalue weighted by molar-refractivity contribution is 0.0963. The Morgan fingerprint density at radius 2 is 1.90 bits per heavy atom. The second kappa shape index (κ2) is 10.1. The highest BCUT2D eigenvalue weighted by molar-refractivity contribution is 5.94. The molecule has 0 radical (unpaired) electrons. The van der Waals surface area contributed by atoms with Crippen molar-refractivity contribution in [2.45, 2.75) is 13.0 Å². The Morgan fingerprint density at radius 3 is 2.66 bits per heavy atom. The molecule has 0 saturated heterocycles. The van der Waals surface area contributed by atoms with Crippen LogP contribution in [0, 0.1) is 0 Å². The number of hydrogen-bond acceptors (Lipinski definition) is 3. The fourth-order valence-electron chi connectivity index (χ4n) is 2.97. The minimum absolute atomic E-state index is 0.0744. The number of carbonyl (C=O) groups is 1. The average Bonchev–Trinajstić information content (AvgIpc) is 3.31. The van der Waals surface area contributed by atoms with E-state index in [1.807, 2.05) is 53.3 Å². The Balaban J connectivity index is 1.50. The van der Waals surface area contributed by atoms with Gasteiger partial charge in [0, 0.05) is 45.1 Å². The van der Waals surface area contributed by atoms with Gasteiger partial charge in [0.1, 0.15) is 0 Å². The number of nitrogens with zero attached hydrogens (tertiary/aromatic N) is 3. The molecule has 0 spiro atoms. The summed E-state index contributed by atoms with van der Waals surface area (Å²) >= 11 is 0. The largest absolute Gasteiger partial charge is 0.356 e. The number of benzene rings is 2. The van der Waals surface area contributed by atoms with E-state index in [0.717, 1.165) is 29.2 Å². The second-order valence-electron chi connectivity index (χ2n) is 6.50. The molecule has 7 heteroatoms. The lowest BCUT2D eigenvalue weighted by Crippen LogP contribution is -2.37. The first-order valence-corrected chi connectivity index (χ1v) is 9.54. The van der Waals surface area contributed by atoms with E-state index in [1.54, 1.807) is 20.3 Å². The highest BCUT2D eigenvalue weighted by Crippen LogP contribution is 2.09. The Labute approximate surface area is 170 Å². The van der Waals surface area contributed by atoms with Gasteiger partial charge in [-0.25, -0.2) is 4.68 Å². The van der Waals surface area contributed by atoms with Crippen LogP contribution in [0.2, 0.25) is 0 Å². The fraction of sp³-hybridized carbons (Fsp3) is 0.227. The Kier molecular flexibility index (Phi) is 7.00. The summed E-state index contributed by atoms with van der Waals surface area (Å²) in [7, 11) is 3.39. The Hall–Kier alpha value is -3.61. The fourth-order valence-corrected chi connectivity index (χ4v) is 2.97. The van der Waals surface area contributed by atoms with Gasteiger partial charge in [0.15, 0.2) is 5.96 Å². The summed E-state index contributed by atoms with van der Waals surface area (Å²) in [5, 5.41) is 13.6. The van der Waals surface area contributed by atoms with Gasteiger partial charge in [0.2, 0.25) is 0 Å². The Morgan fingerprint density at radius 1 is 1.07 bits per heavy atom. The van der Waals surface area contributed by atoms with Gasteiger partial charge in [0.05, 0.1) is 5.69 Å². The van der Waals surface area contributed by atoms with Crippen molar-refractivity contribution >= 4 is 11.9 Å². The van der Waals surface area contributed by atoms with Crippen LogP contribution in [-0.2, 0) is 13.0 Å². The first kappa shape index (κ1) is 20.1. The molecule has 0 saturated carbocycles. The highest BCUT2D eigenvalue weighted by atomic mass is 16.1. The zero-order valence-corrected chi connectivity index (χ0v) is 16.7. The first-order chi connectivity index (χ1) is 14.2. The van der Waals surface area contributed by atoms with E-state index in [4.69, 9.17) is 0 Å². The molecule has 150 valence electrons. The zero-order chi connectivity index (χ0) is 20.5. The number of amides is 1. The lowest BCUT2D eigenvalue weighted by atomic mass is 10.1. The molecule has 2 aromatic carbocycles. The van der Waals surface area contributed by atoms with Crippen LogP contribution in [0.25, 0.3) is 5.69 Å². The molecule has 29 heavy (non-hydrogen) atoms. The van der Waals surface area contributed by atoms with Crippen molar-refractivity contribution in [2.24, 2.45) is 4.99 Å². The minimum Gasteiger partial charge on any atom is -0.356 e. The number of aromatic nitrogens is 2. The molecule has 0 atom stereocenters. The number of guanidine groups is 1. The normalized spacial score (nSPS) is 11.2. The summed E-state index contributed by atoms with van der Waals surface area (Å²) in [5.74, 6) is 0.659. The van der Waals surface area contributed by atoms with Crippen LogP contribution >= 0.6 is 0 Å². The van der Waals surface area contributed by atoms with Crippen molar-refractivity contribution in [3.05, 3.63) is 83.7 Å². The molecule has 0 bridgehead atoms. The van der Waals surface area contributed by atoms with E-state index in [0.29, 0.717) is 18.7 Å². The first-order valence-electron chi connectivity index (χ1n) is 9.54. The van der Waals surface area contributed by atoms with E-state index >= 15 is 0 Å². The SMILES string of the molecule is CN=C(NCCc1cccc(C(=O)NC)c1)NCc1cccc(-n2cccn2)c1.